The minimum absolute atomic E-state index is 0.170. The summed E-state index contributed by atoms with van der Waals surface area (Å²) in [6.45, 7) is 3.87. The molecule has 2 aromatic rings. The highest BCUT2D eigenvalue weighted by molar-refractivity contribution is 5.78. The van der Waals surface area contributed by atoms with E-state index in [-0.39, 0.29) is 5.88 Å². The maximum atomic E-state index is 9.19. The number of benzene rings is 1. The van der Waals surface area contributed by atoms with Crippen molar-refractivity contribution < 1.29 is 9.15 Å². The molecule has 0 bridgehead atoms. The zero-order valence-electron chi connectivity index (χ0n) is 11.3. The van der Waals surface area contributed by atoms with Crippen LogP contribution in [0.5, 0.6) is 5.75 Å². The Bertz CT molecular complexity index is 651. The fourth-order valence-corrected chi connectivity index (χ4v) is 2.24. The van der Waals surface area contributed by atoms with Crippen molar-refractivity contribution in [2.75, 3.05) is 12.8 Å². The Morgan fingerprint density at radius 3 is 2.74 bits per heavy atom. The van der Waals surface area contributed by atoms with Crippen molar-refractivity contribution in [3.05, 3.63) is 35.1 Å². The Morgan fingerprint density at radius 1 is 1.42 bits per heavy atom. The highest BCUT2D eigenvalue weighted by atomic mass is 16.5. The molecular weight excluding hydrogens is 240 g/mol. The van der Waals surface area contributed by atoms with Gasteiger partial charge in [-0.3, -0.25) is 0 Å². The number of nitrogens with zero attached hydrogens (tertiary/aromatic N) is 1. The zero-order valence-corrected chi connectivity index (χ0v) is 11.3. The van der Waals surface area contributed by atoms with Gasteiger partial charge in [-0.05, 0) is 36.6 Å². The SMILES string of the molecule is CCc1cc(-c2c(C)oc(N)c2C#N)ccc1OC. The number of hydrogen-bond donors (Lipinski definition) is 1. The summed E-state index contributed by atoms with van der Waals surface area (Å²) in [5, 5.41) is 9.19. The molecule has 0 saturated heterocycles. The molecular formula is C15H16N2O2. The van der Waals surface area contributed by atoms with Gasteiger partial charge in [0.25, 0.3) is 0 Å². The number of nitrogens with two attached hydrogens (primary N) is 1. The molecule has 0 aliphatic rings. The number of nitrogen functional groups attached to an aromatic ring is 1. The summed E-state index contributed by atoms with van der Waals surface area (Å²) in [5.41, 5.74) is 8.87. The van der Waals surface area contributed by atoms with Crippen LogP contribution >= 0.6 is 0 Å². The molecule has 0 fully saturated rings. The van der Waals surface area contributed by atoms with Gasteiger partial charge in [-0.2, -0.15) is 5.26 Å². The average Bonchev–Trinajstić information content (AvgIpc) is 2.71. The van der Waals surface area contributed by atoms with Gasteiger partial charge >= 0.3 is 0 Å². The van der Waals surface area contributed by atoms with Gasteiger partial charge in [0.1, 0.15) is 23.1 Å². The summed E-state index contributed by atoms with van der Waals surface area (Å²) >= 11 is 0. The van der Waals surface area contributed by atoms with Gasteiger partial charge in [-0.15, -0.1) is 0 Å². The number of methoxy groups -OCH3 is 1. The summed E-state index contributed by atoms with van der Waals surface area (Å²) in [6, 6.07) is 7.92. The van der Waals surface area contributed by atoms with Gasteiger partial charge in [0.05, 0.1) is 7.11 Å². The van der Waals surface area contributed by atoms with Crippen LogP contribution in [-0.4, -0.2) is 7.11 Å². The molecule has 0 aliphatic heterocycles. The smallest absolute Gasteiger partial charge is 0.209 e. The fourth-order valence-electron chi connectivity index (χ4n) is 2.24. The van der Waals surface area contributed by atoms with Crippen molar-refractivity contribution in [2.24, 2.45) is 0 Å². The molecule has 4 heteroatoms. The third-order valence-corrected chi connectivity index (χ3v) is 3.17. The number of anilines is 1. The maximum Gasteiger partial charge on any atom is 0.209 e. The van der Waals surface area contributed by atoms with E-state index >= 15 is 0 Å². The Labute approximate surface area is 112 Å². The number of hydrogen-bond acceptors (Lipinski definition) is 4. The summed E-state index contributed by atoms with van der Waals surface area (Å²) < 4.78 is 10.7. The predicted octanol–water partition coefficient (Wildman–Crippen LogP) is 3.28. The molecule has 2 N–H and O–H groups in total. The van der Waals surface area contributed by atoms with Crippen LogP contribution in [0.3, 0.4) is 0 Å². The van der Waals surface area contributed by atoms with Crippen LogP contribution in [0.15, 0.2) is 22.6 Å². The van der Waals surface area contributed by atoms with Crippen molar-refractivity contribution in [2.45, 2.75) is 20.3 Å². The number of furan rings is 1. The Morgan fingerprint density at radius 2 is 2.16 bits per heavy atom. The molecule has 0 aliphatic carbocycles. The summed E-state index contributed by atoms with van der Waals surface area (Å²) in [5.74, 6) is 1.67. The van der Waals surface area contributed by atoms with Crippen LogP contribution < -0.4 is 10.5 Å². The van der Waals surface area contributed by atoms with Crippen molar-refractivity contribution >= 4 is 5.88 Å². The van der Waals surface area contributed by atoms with E-state index in [1.807, 2.05) is 25.1 Å². The van der Waals surface area contributed by atoms with Crippen molar-refractivity contribution in [1.29, 1.82) is 5.26 Å². The second-order valence-corrected chi connectivity index (χ2v) is 4.26. The lowest BCUT2D eigenvalue weighted by Gasteiger charge is -2.09. The lowest BCUT2D eigenvalue weighted by molar-refractivity contribution is 0.410. The molecule has 1 heterocycles. The van der Waals surface area contributed by atoms with Crippen molar-refractivity contribution in [3.8, 4) is 22.9 Å². The highest BCUT2D eigenvalue weighted by Crippen LogP contribution is 2.35. The average molecular weight is 256 g/mol. The van der Waals surface area contributed by atoms with Crippen LogP contribution in [0.4, 0.5) is 5.88 Å². The van der Waals surface area contributed by atoms with Gasteiger partial charge in [-0.25, -0.2) is 0 Å². The monoisotopic (exact) mass is 256 g/mol. The maximum absolute atomic E-state index is 9.19. The molecule has 98 valence electrons. The molecule has 1 aromatic carbocycles. The van der Waals surface area contributed by atoms with E-state index in [9.17, 15) is 5.26 Å². The molecule has 1 aromatic heterocycles. The lowest BCUT2D eigenvalue weighted by atomic mass is 9.98. The molecule has 4 nitrogen and oxygen atoms in total. The molecule has 19 heavy (non-hydrogen) atoms. The molecule has 0 spiro atoms. The Balaban J connectivity index is 2.63. The van der Waals surface area contributed by atoms with Crippen molar-refractivity contribution in [1.82, 2.24) is 0 Å². The minimum atomic E-state index is 0.170. The summed E-state index contributed by atoms with van der Waals surface area (Å²) in [7, 11) is 1.65. The van der Waals surface area contributed by atoms with E-state index in [0.717, 1.165) is 28.9 Å². The number of rotatable bonds is 3. The quantitative estimate of drug-likeness (QED) is 0.914. The van der Waals surface area contributed by atoms with E-state index in [0.29, 0.717) is 11.3 Å². The fraction of sp³-hybridized carbons (Fsp3) is 0.267. The zero-order chi connectivity index (χ0) is 14.0. The van der Waals surface area contributed by atoms with Crippen LogP contribution in [-0.2, 0) is 6.42 Å². The largest absolute Gasteiger partial charge is 0.496 e. The van der Waals surface area contributed by atoms with Crippen LogP contribution in [0.25, 0.3) is 11.1 Å². The van der Waals surface area contributed by atoms with Gasteiger partial charge in [0.2, 0.25) is 5.88 Å². The standard InChI is InChI=1S/C15H16N2O2/c1-4-10-7-11(5-6-13(10)18-3)14-9(2)19-15(17)12(14)8-16/h5-7H,4,17H2,1-3H3. The minimum Gasteiger partial charge on any atom is -0.496 e. The van der Waals surface area contributed by atoms with E-state index in [4.69, 9.17) is 14.9 Å². The highest BCUT2D eigenvalue weighted by Gasteiger charge is 2.18. The second kappa shape index (κ2) is 5.07. The van der Waals surface area contributed by atoms with Gasteiger partial charge in [0, 0.05) is 5.56 Å². The van der Waals surface area contributed by atoms with E-state index < -0.39 is 0 Å². The predicted molar refractivity (Wildman–Crippen MR) is 73.9 cm³/mol. The van der Waals surface area contributed by atoms with E-state index in [2.05, 4.69) is 13.0 Å². The van der Waals surface area contributed by atoms with E-state index in [1.54, 1.807) is 7.11 Å². The molecule has 0 radical (unpaired) electrons. The molecule has 0 atom stereocenters. The topological polar surface area (TPSA) is 72.2 Å². The lowest BCUT2D eigenvalue weighted by Crippen LogP contribution is -1.92. The normalized spacial score (nSPS) is 10.2. The third kappa shape index (κ3) is 2.15. The number of nitriles is 1. The molecule has 0 amide bonds. The molecule has 0 saturated carbocycles. The van der Waals surface area contributed by atoms with Crippen LogP contribution in [0.2, 0.25) is 0 Å². The molecule has 2 rings (SSSR count). The Hall–Kier alpha value is -2.41. The van der Waals surface area contributed by atoms with Gasteiger partial charge in [-0.1, -0.05) is 13.0 Å². The summed E-state index contributed by atoms with van der Waals surface area (Å²) in [4.78, 5) is 0. The van der Waals surface area contributed by atoms with Gasteiger partial charge < -0.3 is 14.9 Å². The second-order valence-electron chi connectivity index (χ2n) is 4.26. The molecule has 0 unspecified atom stereocenters. The summed E-state index contributed by atoms with van der Waals surface area (Å²) in [6.07, 6.45) is 0.852. The first-order valence-corrected chi connectivity index (χ1v) is 6.08. The van der Waals surface area contributed by atoms with E-state index in [1.165, 1.54) is 0 Å². The van der Waals surface area contributed by atoms with Crippen LogP contribution in [0, 0.1) is 18.3 Å². The number of aryl methyl sites for hydroxylation is 2. The number of ether oxygens (including phenoxy) is 1. The first-order chi connectivity index (χ1) is 9.12. The van der Waals surface area contributed by atoms with Crippen molar-refractivity contribution in [3.63, 3.8) is 0 Å². The Kier molecular flexibility index (Phi) is 3.48. The third-order valence-electron chi connectivity index (χ3n) is 3.17. The van der Waals surface area contributed by atoms with Crippen LogP contribution in [0.1, 0.15) is 23.8 Å². The first-order valence-electron chi connectivity index (χ1n) is 6.08. The first kappa shape index (κ1) is 13.0. The van der Waals surface area contributed by atoms with Gasteiger partial charge in [0.15, 0.2) is 0 Å².